The van der Waals surface area contributed by atoms with Crippen molar-refractivity contribution in [3.8, 4) is 0 Å². The number of fused-ring (bicyclic) bond motifs is 1. The summed E-state index contributed by atoms with van der Waals surface area (Å²) in [4.78, 5) is 11.9. The van der Waals surface area contributed by atoms with Gasteiger partial charge in [-0.15, -0.1) is 0 Å². The van der Waals surface area contributed by atoms with Gasteiger partial charge in [0.05, 0.1) is 6.61 Å². The second-order valence-corrected chi connectivity index (χ2v) is 6.64. The third-order valence-electron chi connectivity index (χ3n) is 5.16. The van der Waals surface area contributed by atoms with Gasteiger partial charge in [-0.3, -0.25) is 0 Å². The van der Waals surface area contributed by atoms with Crippen LogP contribution >= 0.6 is 0 Å². The molecule has 2 aliphatic rings. The summed E-state index contributed by atoms with van der Waals surface area (Å²) < 4.78 is 5.31. The van der Waals surface area contributed by atoms with Gasteiger partial charge in [-0.2, -0.15) is 0 Å². The van der Waals surface area contributed by atoms with E-state index < -0.39 is 0 Å². The first-order valence-electron chi connectivity index (χ1n) is 8.58. The third-order valence-corrected chi connectivity index (χ3v) is 5.16. The van der Waals surface area contributed by atoms with Crippen molar-refractivity contribution in [3.05, 3.63) is 11.6 Å². The molecule has 0 aliphatic heterocycles. The zero-order valence-electron chi connectivity index (χ0n) is 13.2. The number of allylic oxidation sites excluding steroid dienone is 1. The number of hydrogen-bond acceptors (Lipinski definition) is 2. The van der Waals surface area contributed by atoms with E-state index in [-0.39, 0.29) is 5.97 Å². The standard InChI is InChI=1S/C18H30O2/c1-3-4-12-20-18(19)14(2)13-16-11-10-15-8-6-5-7-9-17(15)16/h13,15-17H,3-12H2,1-2H3. The minimum absolute atomic E-state index is 0.101. The maximum absolute atomic E-state index is 11.9. The molecule has 114 valence electrons. The fourth-order valence-corrected chi connectivity index (χ4v) is 3.97. The third kappa shape index (κ3) is 4.10. The monoisotopic (exact) mass is 278 g/mol. The minimum Gasteiger partial charge on any atom is -0.462 e. The average Bonchev–Trinajstić information content (AvgIpc) is 2.67. The predicted octanol–water partition coefficient (Wildman–Crippen LogP) is 4.88. The van der Waals surface area contributed by atoms with Crippen molar-refractivity contribution in [3.63, 3.8) is 0 Å². The van der Waals surface area contributed by atoms with Crippen LogP contribution in [0.15, 0.2) is 11.6 Å². The molecular formula is C18H30O2. The lowest BCUT2D eigenvalue weighted by Crippen LogP contribution is -2.14. The number of ether oxygens (including phenoxy) is 1. The maximum Gasteiger partial charge on any atom is 0.333 e. The topological polar surface area (TPSA) is 26.3 Å². The molecule has 0 N–H and O–H groups in total. The number of esters is 1. The summed E-state index contributed by atoms with van der Waals surface area (Å²) in [6.07, 6.45) is 13.9. The molecule has 3 atom stereocenters. The highest BCUT2D eigenvalue weighted by Gasteiger charge is 2.35. The summed E-state index contributed by atoms with van der Waals surface area (Å²) >= 11 is 0. The van der Waals surface area contributed by atoms with Crippen molar-refractivity contribution in [2.45, 2.75) is 71.6 Å². The molecule has 0 heterocycles. The molecule has 0 aromatic carbocycles. The quantitative estimate of drug-likeness (QED) is 0.407. The lowest BCUT2D eigenvalue weighted by molar-refractivity contribution is -0.139. The summed E-state index contributed by atoms with van der Waals surface area (Å²) in [7, 11) is 0. The number of rotatable bonds is 5. The molecule has 0 aromatic heterocycles. The molecule has 2 nitrogen and oxygen atoms in total. The van der Waals surface area contributed by atoms with Crippen molar-refractivity contribution in [1.82, 2.24) is 0 Å². The van der Waals surface area contributed by atoms with Gasteiger partial charge in [0.15, 0.2) is 0 Å². The molecule has 3 unspecified atom stereocenters. The second kappa shape index (κ2) is 7.85. The second-order valence-electron chi connectivity index (χ2n) is 6.64. The van der Waals surface area contributed by atoms with Crippen molar-refractivity contribution in [2.24, 2.45) is 17.8 Å². The SMILES string of the molecule is CCCCOC(=O)C(C)=CC1CCC2CCCCCC12. The Bertz CT molecular complexity index is 345. The highest BCUT2D eigenvalue weighted by Crippen LogP contribution is 2.45. The number of carbonyl (C=O) groups is 1. The zero-order valence-corrected chi connectivity index (χ0v) is 13.2. The van der Waals surface area contributed by atoms with Crippen molar-refractivity contribution in [1.29, 1.82) is 0 Å². The number of unbranched alkanes of at least 4 members (excludes halogenated alkanes) is 1. The smallest absolute Gasteiger partial charge is 0.333 e. The minimum atomic E-state index is -0.101. The van der Waals surface area contributed by atoms with E-state index in [1.54, 1.807) is 0 Å². The molecule has 0 amide bonds. The molecule has 0 aromatic rings. The first kappa shape index (κ1) is 15.6. The average molecular weight is 278 g/mol. The van der Waals surface area contributed by atoms with Crippen LogP contribution in [0, 0.1) is 17.8 Å². The molecule has 0 radical (unpaired) electrons. The van der Waals surface area contributed by atoms with Crippen molar-refractivity contribution >= 4 is 5.97 Å². The first-order valence-corrected chi connectivity index (χ1v) is 8.58. The summed E-state index contributed by atoms with van der Waals surface area (Å²) in [6.45, 7) is 4.61. The van der Waals surface area contributed by atoms with E-state index in [0.717, 1.165) is 30.3 Å². The van der Waals surface area contributed by atoms with Gasteiger partial charge in [-0.1, -0.05) is 45.1 Å². The van der Waals surface area contributed by atoms with E-state index in [2.05, 4.69) is 13.0 Å². The van der Waals surface area contributed by atoms with E-state index in [1.165, 1.54) is 44.9 Å². The van der Waals surface area contributed by atoms with Crippen LogP contribution in [0.25, 0.3) is 0 Å². The molecule has 2 saturated carbocycles. The molecule has 20 heavy (non-hydrogen) atoms. The molecule has 0 bridgehead atoms. The molecule has 2 aliphatic carbocycles. The Morgan fingerprint density at radius 1 is 1.15 bits per heavy atom. The van der Waals surface area contributed by atoms with Gasteiger partial charge in [-0.25, -0.2) is 4.79 Å². The van der Waals surface area contributed by atoms with Gasteiger partial charge in [0.25, 0.3) is 0 Å². The number of carbonyl (C=O) groups excluding carboxylic acids is 1. The lowest BCUT2D eigenvalue weighted by Gasteiger charge is -2.21. The molecule has 2 fully saturated rings. The summed E-state index contributed by atoms with van der Waals surface area (Å²) in [5, 5.41) is 0. The van der Waals surface area contributed by atoms with Gasteiger partial charge in [0.2, 0.25) is 0 Å². The normalized spacial score (nSPS) is 30.7. The van der Waals surface area contributed by atoms with E-state index in [9.17, 15) is 4.79 Å². The van der Waals surface area contributed by atoms with Crippen molar-refractivity contribution in [2.75, 3.05) is 6.61 Å². The predicted molar refractivity (Wildman–Crippen MR) is 82.4 cm³/mol. The van der Waals surface area contributed by atoms with Crippen LogP contribution in [0.2, 0.25) is 0 Å². The van der Waals surface area contributed by atoms with Crippen LogP contribution in [0.5, 0.6) is 0 Å². The fraction of sp³-hybridized carbons (Fsp3) is 0.833. The van der Waals surface area contributed by atoms with Gasteiger partial charge in [0.1, 0.15) is 0 Å². The van der Waals surface area contributed by atoms with E-state index in [4.69, 9.17) is 4.74 Å². The fourth-order valence-electron chi connectivity index (χ4n) is 3.97. The first-order chi connectivity index (χ1) is 9.72. The molecule has 0 saturated heterocycles. The van der Waals surface area contributed by atoms with Gasteiger partial charge in [-0.05, 0) is 50.4 Å². The van der Waals surface area contributed by atoms with E-state index >= 15 is 0 Å². The lowest BCUT2D eigenvalue weighted by atomic mass is 9.85. The highest BCUT2D eigenvalue weighted by molar-refractivity contribution is 5.87. The summed E-state index contributed by atoms with van der Waals surface area (Å²) in [5.41, 5.74) is 0.830. The molecular weight excluding hydrogens is 248 g/mol. The van der Waals surface area contributed by atoms with Crippen LogP contribution in [-0.4, -0.2) is 12.6 Å². The Hall–Kier alpha value is -0.790. The Morgan fingerprint density at radius 2 is 1.95 bits per heavy atom. The van der Waals surface area contributed by atoms with Gasteiger partial charge < -0.3 is 4.74 Å². The Balaban J connectivity index is 1.90. The summed E-state index contributed by atoms with van der Waals surface area (Å²) in [5.74, 6) is 2.27. The van der Waals surface area contributed by atoms with Crippen LogP contribution in [-0.2, 0) is 9.53 Å². The highest BCUT2D eigenvalue weighted by atomic mass is 16.5. The van der Waals surface area contributed by atoms with Crippen LogP contribution in [0.1, 0.15) is 71.6 Å². The molecule has 2 heteroatoms. The van der Waals surface area contributed by atoms with Gasteiger partial charge >= 0.3 is 5.97 Å². The van der Waals surface area contributed by atoms with Crippen molar-refractivity contribution < 1.29 is 9.53 Å². The van der Waals surface area contributed by atoms with E-state index in [1.807, 2.05) is 6.92 Å². The van der Waals surface area contributed by atoms with Crippen LogP contribution < -0.4 is 0 Å². The largest absolute Gasteiger partial charge is 0.462 e. The summed E-state index contributed by atoms with van der Waals surface area (Å²) in [6, 6.07) is 0. The molecule has 2 rings (SSSR count). The maximum atomic E-state index is 11.9. The van der Waals surface area contributed by atoms with Crippen LogP contribution in [0.3, 0.4) is 0 Å². The zero-order chi connectivity index (χ0) is 14.4. The van der Waals surface area contributed by atoms with Crippen LogP contribution in [0.4, 0.5) is 0 Å². The number of hydrogen-bond donors (Lipinski definition) is 0. The Morgan fingerprint density at radius 3 is 2.75 bits per heavy atom. The molecule has 0 spiro atoms. The van der Waals surface area contributed by atoms with Gasteiger partial charge in [0, 0.05) is 5.57 Å². The Labute approximate surface area is 124 Å². The van der Waals surface area contributed by atoms with E-state index in [0.29, 0.717) is 12.5 Å². The Kier molecular flexibility index (Phi) is 6.12.